The molecule has 1 aliphatic carbocycles. The van der Waals surface area contributed by atoms with Crippen LogP contribution in [0.3, 0.4) is 0 Å². The van der Waals surface area contributed by atoms with E-state index in [2.05, 4.69) is 42.7 Å². The molecule has 1 saturated heterocycles. The van der Waals surface area contributed by atoms with Crippen LogP contribution in [0.25, 0.3) is 33.2 Å². The molecular weight excluding hydrogens is 517 g/mol. The molecule has 7 rings (SSSR count). The Morgan fingerprint density at radius 2 is 1.73 bits per heavy atom. The summed E-state index contributed by atoms with van der Waals surface area (Å²) in [6.45, 7) is 2.48. The van der Waals surface area contributed by atoms with Crippen LogP contribution in [0, 0.1) is 11.7 Å². The lowest BCUT2D eigenvalue weighted by atomic mass is 9.88. The minimum absolute atomic E-state index is 0.195. The number of H-pyrrole nitrogens is 1. The van der Waals surface area contributed by atoms with Crippen LogP contribution in [0.4, 0.5) is 10.2 Å². The summed E-state index contributed by atoms with van der Waals surface area (Å²) in [5.41, 5.74) is 11.6. The maximum absolute atomic E-state index is 14.2. The van der Waals surface area contributed by atoms with E-state index in [4.69, 9.17) is 10.8 Å². The normalized spacial score (nSPS) is 20.7. The van der Waals surface area contributed by atoms with E-state index in [1.807, 2.05) is 18.2 Å². The maximum Gasteiger partial charge on any atom is 0.164 e. The van der Waals surface area contributed by atoms with E-state index in [-0.39, 0.29) is 11.9 Å². The van der Waals surface area contributed by atoms with Gasteiger partial charge in [0.15, 0.2) is 5.65 Å². The number of hydrogen-bond acceptors (Lipinski definition) is 6. The van der Waals surface area contributed by atoms with Crippen LogP contribution in [0.15, 0.2) is 54.9 Å². The monoisotopic (exact) mass is 553 g/mol. The molecule has 1 aliphatic heterocycles. The van der Waals surface area contributed by atoms with Crippen molar-refractivity contribution < 1.29 is 9.50 Å². The van der Waals surface area contributed by atoms with Crippen LogP contribution in [-0.2, 0) is 6.42 Å². The third kappa shape index (κ3) is 4.97. The van der Waals surface area contributed by atoms with Crippen LogP contribution >= 0.6 is 0 Å². The SMILES string of the molecule is Nc1ncnc2c1c(-c1ccc3[nH]c(Cc4ccccc4F)cc3c1)nn2C1CCC(N2CCC(CO)CC2)CC1. The first-order valence-electron chi connectivity index (χ1n) is 14.8. The number of benzene rings is 2. The van der Waals surface area contributed by atoms with Gasteiger partial charge in [-0.2, -0.15) is 5.10 Å². The quantitative estimate of drug-likeness (QED) is 0.257. The second kappa shape index (κ2) is 10.9. The molecule has 9 heteroatoms. The zero-order valence-corrected chi connectivity index (χ0v) is 23.1. The summed E-state index contributed by atoms with van der Waals surface area (Å²) in [4.78, 5) is 15.0. The van der Waals surface area contributed by atoms with Crippen molar-refractivity contribution in [3.63, 3.8) is 0 Å². The standard InChI is InChI=1S/C32H36FN7O/c33-27-4-2-1-3-21(27)16-24-17-23-15-22(5-10-28(23)37-24)30-29-31(34)35-19-36-32(29)40(38-30)26-8-6-25(7-9-26)39-13-11-20(18-41)12-14-39/h1-5,10,15,17,19-20,25-26,37,41H,6-9,11-14,16,18H2,(H2,34,35,36). The highest BCUT2D eigenvalue weighted by Crippen LogP contribution is 2.38. The van der Waals surface area contributed by atoms with Gasteiger partial charge in [-0.1, -0.05) is 24.3 Å². The van der Waals surface area contributed by atoms with Gasteiger partial charge in [0.25, 0.3) is 0 Å². The average molecular weight is 554 g/mol. The zero-order valence-electron chi connectivity index (χ0n) is 23.1. The van der Waals surface area contributed by atoms with Gasteiger partial charge in [-0.15, -0.1) is 0 Å². The maximum atomic E-state index is 14.2. The Labute approximate surface area is 238 Å². The summed E-state index contributed by atoms with van der Waals surface area (Å²) >= 11 is 0. The number of aromatic nitrogens is 5. The van der Waals surface area contributed by atoms with E-state index in [0.29, 0.717) is 36.4 Å². The Morgan fingerprint density at radius 1 is 0.951 bits per heavy atom. The number of nitrogens with one attached hydrogen (secondary N) is 1. The fraction of sp³-hybridized carbons (Fsp3) is 0.406. The number of halogens is 1. The molecule has 0 spiro atoms. The second-order valence-corrected chi connectivity index (χ2v) is 11.7. The van der Waals surface area contributed by atoms with Gasteiger partial charge in [-0.05, 0) is 87.4 Å². The molecule has 0 amide bonds. The number of rotatable bonds is 6. The van der Waals surface area contributed by atoms with Gasteiger partial charge in [0.2, 0.25) is 0 Å². The van der Waals surface area contributed by atoms with Crippen LogP contribution in [-0.4, -0.2) is 60.5 Å². The first kappa shape index (κ1) is 26.1. The summed E-state index contributed by atoms with van der Waals surface area (Å²) in [7, 11) is 0. The van der Waals surface area contributed by atoms with Crippen LogP contribution in [0.1, 0.15) is 55.8 Å². The number of nitrogens with zero attached hydrogens (tertiary/aromatic N) is 5. The van der Waals surface area contributed by atoms with Crippen molar-refractivity contribution >= 4 is 27.8 Å². The fourth-order valence-corrected chi connectivity index (χ4v) is 6.90. The average Bonchev–Trinajstić information content (AvgIpc) is 3.60. The summed E-state index contributed by atoms with van der Waals surface area (Å²) in [6.07, 6.45) is 8.56. The summed E-state index contributed by atoms with van der Waals surface area (Å²) < 4.78 is 16.3. The predicted molar refractivity (Wildman–Crippen MR) is 159 cm³/mol. The molecule has 4 N–H and O–H groups in total. The summed E-state index contributed by atoms with van der Waals surface area (Å²) in [5, 5.41) is 16.5. The predicted octanol–water partition coefficient (Wildman–Crippen LogP) is 5.47. The van der Waals surface area contributed by atoms with Gasteiger partial charge < -0.3 is 20.7 Å². The largest absolute Gasteiger partial charge is 0.396 e. The molecule has 4 heterocycles. The Balaban J connectivity index is 1.15. The first-order chi connectivity index (χ1) is 20.1. The van der Waals surface area contributed by atoms with Crippen molar-refractivity contribution in [2.75, 3.05) is 25.4 Å². The number of aliphatic hydroxyl groups excluding tert-OH is 1. The topological polar surface area (TPSA) is 109 Å². The third-order valence-electron chi connectivity index (χ3n) is 9.24. The number of nitrogens with two attached hydrogens (primary N) is 1. The third-order valence-corrected chi connectivity index (χ3v) is 9.24. The van der Waals surface area contributed by atoms with Crippen molar-refractivity contribution in [2.45, 2.75) is 57.0 Å². The summed E-state index contributed by atoms with van der Waals surface area (Å²) in [6, 6.07) is 16.0. The van der Waals surface area contributed by atoms with Crippen molar-refractivity contribution in [3.05, 3.63) is 71.9 Å². The number of aromatic amines is 1. The lowest BCUT2D eigenvalue weighted by Crippen LogP contribution is -2.43. The highest BCUT2D eigenvalue weighted by atomic mass is 19.1. The molecule has 3 aromatic heterocycles. The van der Waals surface area contributed by atoms with E-state index in [0.717, 1.165) is 90.5 Å². The number of hydrogen-bond donors (Lipinski definition) is 3. The molecule has 1 saturated carbocycles. The highest BCUT2D eigenvalue weighted by molar-refractivity contribution is 6.00. The van der Waals surface area contributed by atoms with E-state index in [1.165, 1.54) is 12.4 Å². The molecule has 2 aromatic carbocycles. The molecule has 212 valence electrons. The van der Waals surface area contributed by atoms with Gasteiger partial charge in [-0.3, -0.25) is 0 Å². The van der Waals surface area contributed by atoms with E-state index >= 15 is 0 Å². The molecule has 2 fully saturated rings. The van der Waals surface area contributed by atoms with Gasteiger partial charge in [0.05, 0.1) is 11.4 Å². The molecule has 0 unspecified atom stereocenters. The van der Waals surface area contributed by atoms with Gasteiger partial charge in [-0.25, -0.2) is 19.0 Å². The summed E-state index contributed by atoms with van der Waals surface area (Å²) in [5.74, 6) is 0.705. The minimum Gasteiger partial charge on any atom is -0.396 e. The number of nitrogen functional groups attached to an aromatic ring is 1. The highest BCUT2D eigenvalue weighted by Gasteiger charge is 2.31. The Morgan fingerprint density at radius 3 is 2.51 bits per heavy atom. The number of fused-ring (bicyclic) bond motifs is 2. The van der Waals surface area contributed by atoms with Gasteiger partial charge >= 0.3 is 0 Å². The van der Waals surface area contributed by atoms with E-state index in [1.54, 1.807) is 6.07 Å². The molecular formula is C32H36FN7O. The van der Waals surface area contributed by atoms with Crippen molar-refractivity contribution in [1.82, 2.24) is 29.6 Å². The lowest BCUT2D eigenvalue weighted by molar-refractivity contribution is 0.0757. The van der Waals surface area contributed by atoms with Crippen molar-refractivity contribution in [2.24, 2.45) is 5.92 Å². The smallest absolute Gasteiger partial charge is 0.164 e. The van der Waals surface area contributed by atoms with Crippen molar-refractivity contribution in [1.29, 1.82) is 0 Å². The minimum atomic E-state index is -0.195. The number of aliphatic hydroxyl groups is 1. The number of likely N-dealkylation sites (tertiary alicyclic amines) is 1. The number of anilines is 1. The van der Waals surface area contributed by atoms with Crippen LogP contribution < -0.4 is 5.73 Å². The van der Waals surface area contributed by atoms with E-state index in [9.17, 15) is 9.50 Å². The molecule has 0 radical (unpaired) electrons. The molecule has 5 aromatic rings. The number of piperidine rings is 1. The molecule has 0 atom stereocenters. The second-order valence-electron chi connectivity index (χ2n) is 11.7. The first-order valence-corrected chi connectivity index (χ1v) is 14.8. The Kier molecular flexibility index (Phi) is 6.92. The van der Waals surface area contributed by atoms with E-state index < -0.39 is 0 Å². The van der Waals surface area contributed by atoms with Crippen LogP contribution in [0.5, 0.6) is 0 Å². The lowest BCUT2D eigenvalue weighted by Gasteiger charge is -2.40. The van der Waals surface area contributed by atoms with Crippen molar-refractivity contribution in [3.8, 4) is 11.3 Å². The van der Waals surface area contributed by atoms with Gasteiger partial charge in [0, 0.05) is 41.2 Å². The Hall–Kier alpha value is -3.82. The van der Waals surface area contributed by atoms with Gasteiger partial charge in [0.1, 0.15) is 23.7 Å². The molecule has 0 bridgehead atoms. The molecule has 8 nitrogen and oxygen atoms in total. The van der Waals surface area contributed by atoms with Crippen LogP contribution in [0.2, 0.25) is 0 Å². The molecule has 41 heavy (non-hydrogen) atoms. The molecule has 2 aliphatic rings. The fourth-order valence-electron chi connectivity index (χ4n) is 6.90. The zero-order chi connectivity index (χ0) is 27.9. The Bertz CT molecular complexity index is 1680.